The number of imidazole rings is 1. The number of hydrogen-bond donors (Lipinski definition) is 0. The summed E-state index contributed by atoms with van der Waals surface area (Å²) in [5.41, 5.74) is 3.60. The number of fused-ring (bicyclic) bond motifs is 1. The van der Waals surface area contributed by atoms with E-state index in [0.717, 1.165) is 5.69 Å². The average Bonchev–Trinajstić information content (AvgIpc) is 2.87. The topological polar surface area (TPSA) is 17.8 Å². The molecule has 0 amide bonds. The molecule has 0 saturated carbocycles. The molecule has 0 aliphatic rings. The van der Waals surface area contributed by atoms with Crippen molar-refractivity contribution in [2.75, 3.05) is 0 Å². The van der Waals surface area contributed by atoms with Gasteiger partial charge in [0.1, 0.15) is 0 Å². The van der Waals surface area contributed by atoms with Crippen molar-refractivity contribution in [3.05, 3.63) is 47.4 Å². The molecule has 1 aromatic carbocycles. The number of aromatic nitrogens is 2. The van der Waals surface area contributed by atoms with Crippen molar-refractivity contribution in [3.63, 3.8) is 0 Å². The third kappa shape index (κ3) is 1.36. The molecule has 2 heterocycles. The zero-order valence-corrected chi connectivity index (χ0v) is 10.1. The highest BCUT2D eigenvalue weighted by molar-refractivity contribution is 7.17. The molecule has 16 heavy (non-hydrogen) atoms. The van der Waals surface area contributed by atoms with Gasteiger partial charge in [0, 0.05) is 6.20 Å². The molecule has 0 unspecified atom stereocenters. The number of nitrogens with zero attached hydrogens (tertiary/aromatic N) is 2. The fraction of sp³-hybridized carbons (Fsp3) is 0.154. The van der Waals surface area contributed by atoms with Crippen LogP contribution >= 0.6 is 11.3 Å². The van der Waals surface area contributed by atoms with Crippen LogP contribution in [0.2, 0.25) is 0 Å². The lowest BCUT2D eigenvalue weighted by molar-refractivity contribution is 1.07. The van der Waals surface area contributed by atoms with E-state index in [1.165, 1.54) is 21.3 Å². The fourth-order valence-corrected chi connectivity index (χ4v) is 2.93. The maximum atomic E-state index is 4.27. The van der Waals surface area contributed by atoms with Gasteiger partial charge in [0.15, 0.2) is 0 Å². The van der Waals surface area contributed by atoms with Gasteiger partial charge in [0.05, 0.1) is 22.4 Å². The van der Waals surface area contributed by atoms with Gasteiger partial charge in [-0.3, -0.25) is 0 Å². The number of benzene rings is 1. The molecule has 0 bridgehead atoms. The number of hydrogen-bond acceptors (Lipinski definition) is 2. The summed E-state index contributed by atoms with van der Waals surface area (Å²) in [7, 11) is 0. The van der Waals surface area contributed by atoms with Gasteiger partial charge in [-0.15, -0.1) is 11.3 Å². The molecule has 0 spiro atoms. The summed E-state index contributed by atoms with van der Waals surface area (Å²) < 4.78 is 3.42. The van der Waals surface area contributed by atoms with Gasteiger partial charge in [-0.1, -0.05) is 6.07 Å². The molecule has 0 saturated heterocycles. The summed E-state index contributed by atoms with van der Waals surface area (Å²) in [6.45, 7) is 4.16. The van der Waals surface area contributed by atoms with E-state index in [-0.39, 0.29) is 0 Å². The van der Waals surface area contributed by atoms with E-state index in [1.54, 1.807) is 11.3 Å². The van der Waals surface area contributed by atoms with Crippen LogP contribution in [0.25, 0.3) is 15.8 Å². The molecule has 3 rings (SSSR count). The van der Waals surface area contributed by atoms with Gasteiger partial charge < -0.3 is 4.57 Å². The first-order valence-corrected chi connectivity index (χ1v) is 6.11. The smallest absolute Gasteiger partial charge is 0.0995 e. The van der Waals surface area contributed by atoms with Crippen molar-refractivity contribution < 1.29 is 0 Å². The summed E-state index contributed by atoms with van der Waals surface area (Å²) in [5, 5.41) is 3.49. The highest BCUT2D eigenvalue weighted by atomic mass is 32.1. The number of rotatable bonds is 1. The van der Waals surface area contributed by atoms with Crippen LogP contribution in [-0.2, 0) is 0 Å². The molecule has 3 aromatic rings. The standard InChI is InChI=1S/C13H12N2S/c1-9-3-4-12(13-11(9)5-6-16-13)15-7-10(2)14-8-15/h3-8H,1-2H3. The Hall–Kier alpha value is -1.61. The molecule has 0 fully saturated rings. The van der Waals surface area contributed by atoms with Crippen LogP contribution in [-0.4, -0.2) is 9.55 Å². The van der Waals surface area contributed by atoms with Gasteiger partial charge in [0.2, 0.25) is 0 Å². The van der Waals surface area contributed by atoms with E-state index >= 15 is 0 Å². The van der Waals surface area contributed by atoms with Crippen molar-refractivity contribution >= 4 is 21.4 Å². The summed E-state index contributed by atoms with van der Waals surface area (Å²) >= 11 is 1.78. The van der Waals surface area contributed by atoms with Crippen molar-refractivity contribution in [1.82, 2.24) is 9.55 Å². The third-order valence-electron chi connectivity index (χ3n) is 2.80. The molecule has 0 atom stereocenters. The van der Waals surface area contributed by atoms with Crippen LogP contribution in [0, 0.1) is 13.8 Å². The van der Waals surface area contributed by atoms with Gasteiger partial charge in [-0.05, 0) is 42.3 Å². The first-order chi connectivity index (χ1) is 7.75. The Bertz CT molecular complexity index is 649. The van der Waals surface area contributed by atoms with E-state index in [0.29, 0.717) is 0 Å². The largest absolute Gasteiger partial charge is 0.305 e. The molecular weight excluding hydrogens is 216 g/mol. The Kier molecular flexibility index (Phi) is 2.07. The van der Waals surface area contributed by atoms with Crippen molar-refractivity contribution in [2.24, 2.45) is 0 Å². The SMILES string of the molecule is Cc1cn(-c2ccc(C)c3ccsc23)cn1. The predicted molar refractivity (Wildman–Crippen MR) is 68.4 cm³/mol. The Morgan fingerprint density at radius 3 is 2.81 bits per heavy atom. The Morgan fingerprint density at radius 1 is 1.19 bits per heavy atom. The first-order valence-electron chi connectivity index (χ1n) is 5.23. The normalized spacial score (nSPS) is 11.1. The third-order valence-corrected chi connectivity index (χ3v) is 3.74. The number of aryl methyl sites for hydroxylation is 2. The molecular formula is C13H12N2S. The Labute approximate surface area is 98.2 Å². The van der Waals surface area contributed by atoms with Crippen molar-refractivity contribution in [1.29, 1.82) is 0 Å². The molecule has 0 aliphatic heterocycles. The fourth-order valence-electron chi connectivity index (χ4n) is 1.94. The zero-order chi connectivity index (χ0) is 11.1. The van der Waals surface area contributed by atoms with Crippen molar-refractivity contribution in [2.45, 2.75) is 13.8 Å². The second kappa shape index (κ2) is 3.46. The molecule has 80 valence electrons. The predicted octanol–water partition coefficient (Wildman–Crippen LogP) is 3.70. The maximum Gasteiger partial charge on any atom is 0.0995 e. The van der Waals surface area contributed by atoms with E-state index in [4.69, 9.17) is 0 Å². The molecule has 2 aromatic heterocycles. The van der Waals surface area contributed by atoms with Crippen LogP contribution in [0.1, 0.15) is 11.3 Å². The number of thiophene rings is 1. The van der Waals surface area contributed by atoms with E-state index < -0.39 is 0 Å². The first kappa shape index (κ1) is 9.60. The molecule has 3 heteroatoms. The van der Waals surface area contributed by atoms with Gasteiger partial charge >= 0.3 is 0 Å². The lowest BCUT2D eigenvalue weighted by atomic mass is 10.1. The highest BCUT2D eigenvalue weighted by Crippen LogP contribution is 2.30. The average molecular weight is 228 g/mol. The van der Waals surface area contributed by atoms with Gasteiger partial charge in [-0.25, -0.2) is 4.98 Å². The van der Waals surface area contributed by atoms with E-state index in [2.05, 4.69) is 46.3 Å². The van der Waals surface area contributed by atoms with Crippen LogP contribution in [0.3, 0.4) is 0 Å². The van der Waals surface area contributed by atoms with Gasteiger partial charge in [-0.2, -0.15) is 0 Å². The van der Waals surface area contributed by atoms with Gasteiger partial charge in [0.25, 0.3) is 0 Å². The van der Waals surface area contributed by atoms with E-state index in [9.17, 15) is 0 Å². The van der Waals surface area contributed by atoms with E-state index in [1.807, 2.05) is 13.3 Å². The lowest BCUT2D eigenvalue weighted by Crippen LogP contribution is -1.90. The monoisotopic (exact) mass is 228 g/mol. The summed E-state index contributed by atoms with van der Waals surface area (Å²) in [6, 6.07) is 6.51. The minimum atomic E-state index is 1.05. The lowest BCUT2D eigenvalue weighted by Gasteiger charge is -2.05. The Morgan fingerprint density at radius 2 is 2.06 bits per heavy atom. The maximum absolute atomic E-state index is 4.27. The second-order valence-electron chi connectivity index (χ2n) is 3.99. The van der Waals surface area contributed by atoms with Crippen LogP contribution in [0.5, 0.6) is 0 Å². The summed E-state index contributed by atoms with van der Waals surface area (Å²) in [6.07, 6.45) is 3.93. The second-order valence-corrected chi connectivity index (χ2v) is 4.90. The molecule has 0 radical (unpaired) electrons. The quantitative estimate of drug-likeness (QED) is 0.621. The van der Waals surface area contributed by atoms with Crippen molar-refractivity contribution in [3.8, 4) is 5.69 Å². The van der Waals surface area contributed by atoms with Crippen LogP contribution in [0.15, 0.2) is 36.1 Å². The highest BCUT2D eigenvalue weighted by Gasteiger charge is 2.06. The van der Waals surface area contributed by atoms with Crippen LogP contribution < -0.4 is 0 Å². The minimum Gasteiger partial charge on any atom is -0.305 e. The zero-order valence-electron chi connectivity index (χ0n) is 9.27. The van der Waals surface area contributed by atoms with Crippen LogP contribution in [0.4, 0.5) is 0 Å². The minimum absolute atomic E-state index is 1.05. The Balaban J connectivity index is 2.32. The summed E-state index contributed by atoms with van der Waals surface area (Å²) in [4.78, 5) is 4.27. The molecule has 0 N–H and O–H groups in total. The molecule has 0 aliphatic carbocycles. The summed E-state index contributed by atoms with van der Waals surface area (Å²) in [5.74, 6) is 0. The molecule has 2 nitrogen and oxygen atoms in total.